The Morgan fingerprint density at radius 3 is 0.682 bits per heavy atom. The fraction of sp³-hybridized carbons (Fsp3) is 1.00. The van der Waals surface area contributed by atoms with Crippen LogP contribution in [0.15, 0.2) is 0 Å². The summed E-state index contributed by atoms with van der Waals surface area (Å²) in [5.74, 6) is 0. The summed E-state index contributed by atoms with van der Waals surface area (Å²) in [4.78, 5) is 0. The summed E-state index contributed by atoms with van der Waals surface area (Å²) < 4.78 is 22.9. The molecule has 136 valence electrons. The zero-order chi connectivity index (χ0) is 17.5. The maximum absolute atomic E-state index is 5.73. The summed E-state index contributed by atoms with van der Waals surface area (Å²) in [5.41, 5.74) is 0. The third kappa shape index (κ3) is 9.93. The summed E-state index contributed by atoms with van der Waals surface area (Å²) in [6.07, 6.45) is 0. The van der Waals surface area contributed by atoms with Gasteiger partial charge in [-0.2, -0.15) is 0 Å². The fourth-order valence-electron chi connectivity index (χ4n) is 2.45. The predicted molar refractivity (Wildman–Crippen MR) is 99.9 cm³/mol. The van der Waals surface area contributed by atoms with Crippen molar-refractivity contribution in [2.24, 2.45) is 0 Å². The van der Waals surface area contributed by atoms with Crippen molar-refractivity contribution in [3.63, 3.8) is 0 Å². The zero-order valence-corrected chi connectivity index (χ0v) is 20.5. The van der Waals surface area contributed by atoms with E-state index < -0.39 is 27.9 Å². The van der Waals surface area contributed by atoms with Crippen LogP contribution in [0, 0.1) is 0 Å². The van der Waals surface area contributed by atoms with Crippen LogP contribution in [-0.2, 0) is 15.1 Å². The minimum atomic E-state index is -2.24. The van der Waals surface area contributed by atoms with Gasteiger partial charge in [0, 0.05) is 0 Å². The summed E-state index contributed by atoms with van der Waals surface area (Å²) in [7, 11) is 0. The quantitative estimate of drug-likeness (QED) is 0.396. The first-order chi connectivity index (χ1) is 10.5. The molecular weight excluding hydrogens is 401 g/mol. The molecule has 0 amide bonds. The van der Waals surface area contributed by atoms with Gasteiger partial charge >= 0.3 is 146 Å². The zero-order valence-electron chi connectivity index (χ0n) is 16.3. The normalized spacial score (nSPS) is 12.0. The Bertz CT molecular complexity index is 192. The van der Waals surface area contributed by atoms with E-state index in [-0.39, 0.29) is 0 Å². The molecule has 6 heteroatoms. The van der Waals surface area contributed by atoms with Crippen molar-refractivity contribution in [1.82, 2.24) is 0 Å². The van der Waals surface area contributed by atoms with Crippen LogP contribution in [0.2, 0.25) is 21.0 Å². The van der Waals surface area contributed by atoms with Crippen molar-refractivity contribution < 1.29 is 15.1 Å². The molecule has 0 aliphatic heterocycles. The molecule has 0 aliphatic rings. The topological polar surface area (TPSA) is 36.9 Å². The van der Waals surface area contributed by atoms with Crippen molar-refractivity contribution in [3.05, 3.63) is 0 Å². The minimum absolute atomic E-state index is 0.807. The van der Waals surface area contributed by atoms with Gasteiger partial charge < -0.3 is 0 Å². The molecule has 0 N–H and O–H groups in total. The molecule has 0 aliphatic carbocycles. The van der Waals surface area contributed by atoms with Crippen LogP contribution in [0.5, 0.6) is 0 Å². The van der Waals surface area contributed by atoms with E-state index in [1.54, 1.807) is 0 Å². The van der Waals surface area contributed by atoms with Gasteiger partial charge in [0.2, 0.25) is 0 Å². The van der Waals surface area contributed by atoms with Crippen LogP contribution >= 0.6 is 0 Å². The van der Waals surface area contributed by atoms with E-state index in [0.717, 1.165) is 47.4 Å². The number of hydrogen-bond donors (Lipinski definition) is 0. The Morgan fingerprint density at radius 1 is 0.409 bits per heavy atom. The van der Waals surface area contributed by atoms with Crippen LogP contribution in [-0.4, -0.2) is 54.3 Å². The summed E-state index contributed by atoms with van der Waals surface area (Å²) in [5, 5.41) is 4.44. The molecule has 0 aromatic heterocycles. The van der Waals surface area contributed by atoms with E-state index in [1.807, 2.05) is 27.7 Å². The van der Waals surface area contributed by atoms with E-state index in [9.17, 15) is 0 Å². The van der Waals surface area contributed by atoms with Crippen molar-refractivity contribution in [1.29, 1.82) is 0 Å². The third-order valence-electron chi connectivity index (χ3n) is 3.78. The van der Waals surface area contributed by atoms with Crippen molar-refractivity contribution >= 4 is 27.9 Å². The van der Waals surface area contributed by atoms with Gasteiger partial charge in [0.15, 0.2) is 0 Å². The summed E-state index contributed by atoms with van der Waals surface area (Å²) >= 11 is -4.49. The van der Waals surface area contributed by atoms with Crippen LogP contribution in [0.4, 0.5) is 0 Å². The molecule has 0 saturated carbocycles. The molecule has 0 aromatic carbocycles. The Labute approximate surface area is 145 Å². The Morgan fingerprint density at radius 2 is 0.591 bits per heavy atom. The first kappa shape index (κ1) is 25.2. The second-order valence-electron chi connectivity index (χ2n) is 4.97. The first-order valence-corrected chi connectivity index (χ1v) is 18.4. The average Bonchev–Trinajstić information content (AvgIpc) is 2.55. The second-order valence-corrected chi connectivity index (χ2v) is 21.0. The van der Waals surface area contributed by atoms with E-state index in [2.05, 4.69) is 27.7 Å². The second kappa shape index (κ2) is 15.5. The van der Waals surface area contributed by atoms with Gasteiger partial charge in [0.05, 0.1) is 0 Å². The SMILES string of the molecule is CC[O][Ge]([CH2]C)([CH2]C)[O]CC.CC[O][Ge]([CH2]C)([CH2]C)[O]CC. The number of hydrogen-bond acceptors (Lipinski definition) is 4. The molecule has 22 heavy (non-hydrogen) atoms. The van der Waals surface area contributed by atoms with Crippen molar-refractivity contribution in [3.8, 4) is 0 Å². The monoisotopic (exact) mass is 444 g/mol. The van der Waals surface area contributed by atoms with Crippen LogP contribution in [0.1, 0.15) is 55.4 Å². The van der Waals surface area contributed by atoms with E-state index in [0.29, 0.717) is 0 Å². The van der Waals surface area contributed by atoms with Gasteiger partial charge in [0.25, 0.3) is 0 Å². The molecule has 0 radical (unpaired) electrons. The Hall–Kier alpha value is 0.926. The average molecular weight is 442 g/mol. The Kier molecular flexibility index (Phi) is 17.7. The molecule has 0 fully saturated rings. The van der Waals surface area contributed by atoms with Gasteiger partial charge in [-0.15, -0.1) is 0 Å². The number of rotatable bonds is 12. The standard InChI is InChI=1S/2C8H20GeO2/c2*1-5-9(6-2,10-7-3)11-8-4/h2*5-8H2,1-4H3. The van der Waals surface area contributed by atoms with Crippen molar-refractivity contribution in [2.45, 2.75) is 76.4 Å². The van der Waals surface area contributed by atoms with E-state index in [4.69, 9.17) is 15.1 Å². The summed E-state index contributed by atoms with van der Waals surface area (Å²) in [6, 6.07) is 0. The van der Waals surface area contributed by atoms with Crippen LogP contribution in [0.3, 0.4) is 0 Å². The van der Waals surface area contributed by atoms with Crippen LogP contribution < -0.4 is 0 Å². The summed E-state index contributed by atoms with van der Waals surface area (Å²) in [6.45, 7) is 20.1. The van der Waals surface area contributed by atoms with Gasteiger partial charge in [-0.3, -0.25) is 0 Å². The molecule has 0 saturated heterocycles. The molecule has 0 unspecified atom stereocenters. The van der Waals surface area contributed by atoms with Crippen LogP contribution in [0.25, 0.3) is 0 Å². The van der Waals surface area contributed by atoms with E-state index >= 15 is 0 Å². The molecule has 0 rings (SSSR count). The van der Waals surface area contributed by atoms with Gasteiger partial charge in [-0.05, 0) is 0 Å². The molecule has 0 aromatic rings. The third-order valence-corrected chi connectivity index (χ3v) is 19.7. The van der Waals surface area contributed by atoms with E-state index in [1.165, 1.54) is 0 Å². The molecule has 0 bridgehead atoms. The van der Waals surface area contributed by atoms with Gasteiger partial charge in [-0.1, -0.05) is 0 Å². The van der Waals surface area contributed by atoms with Crippen molar-refractivity contribution in [2.75, 3.05) is 26.4 Å². The van der Waals surface area contributed by atoms with Gasteiger partial charge in [-0.25, -0.2) is 0 Å². The Balaban J connectivity index is 0. The predicted octanol–water partition coefficient (Wildman–Crippen LogP) is 5.08. The maximum atomic E-state index is 5.73. The first-order valence-electron chi connectivity index (χ1n) is 9.04. The molecule has 0 heterocycles. The molecule has 0 atom stereocenters. The molecule has 0 spiro atoms. The molecular formula is C16H40Ge2O4. The fourth-order valence-corrected chi connectivity index (χ4v) is 12.7. The van der Waals surface area contributed by atoms with Gasteiger partial charge in [0.1, 0.15) is 0 Å². The molecule has 4 nitrogen and oxygen atoms in total.